The number of H-pyrrole nitrogens is 1. The summed E-state index contributed by atoms with van der Waals surface area (Å²) in [5.74, 6) is 1.00. The van der Waals surface area contributed by atoms with Crippen LogP contribution in [0.3, 0.4) is 0 Å². The number of aryl methyl sites for hydroxylation is 1. The Labute approximate surface area is 172 Å². The number of aromatic amines is 1. The Morgan fingerprint density at radius 3 is 2.60 bits per heavy atom. The number of sulfonamides is 1. The second-order valence-corrected chi connectivity index (χ2v) is 8.91. The van der Waals surface area contributed by atoms with Gasteiger partial charge in [-0.1, -0.05) is 18.1 Å². The van der Waals surface area contributed by atoms with Gasteiger partial charge in [-0.3, -0.25) is 5.32 Å². The van der Waals surface area contributed by atoms with Gasteiger partial charge in [-0.15, -0.1) is 4.63 Å². The molecule has 162 valence electrons. The number of phenols is 1. The molecular formula is C18H24N5O6S+. The molecule has 0 spiro atoms. The van der Waals surface area contributed by atoms with Crippen molar-refractivity contribution >= 4 is 27.3 Å². The molecule has 1 atom stereocenters. The lowest BCUT2D eigenvalue weighted by molar-refractivity contribution is -0.701. The molecule has 0 saturated heterocycles. The average molecular weight is 438 g/mol. The minimum atomic E-state index is -3.87. The van der Waals surface area contributed by atoms with Gasteiger partial charge in [0, 0.05) is 14.1 Å². The number of rotatable bonds is 8. The van der Waals surface area contributed by atoms with E-state index in [4.69, 9.17) is 9.05 Å². The van der Waals surface area contributed by atoms with Gasteiger partial charge < -0.3 is 14.8 Å². The number of phenolic OH excluding ortho intramolecular Hbond substituents is 1. The minimum absolute atomic E-state index is 0.0103. The fraction of sp³-hybridized carbons (Fsp3) is 0.333. The van der Waals surface area contributed by atoms with Crippen molar-refractivity contribution in [2.75, 3.05) is 24.7 Å². The third-order valence-corrected chi connectivity index (χ3v) is 6.34. The summed E-state index contributed by atoms with van der Waals surface area (Å²) in [5, 5.41) is 18.8. The van der Waals surface area contributed by atoms with Gasteiger partial charge in [0.2, 0.25) is 10.0 Å². The molecule has 3 aromatic rings. The molecule has 11 nitrogen and oxygen atoms in total. The predicted octanol–water partition coefficient (Wildman–Crippen LogP) is 2.69. The fourth-order valence-electron chi connectivity index (χ4n) is 2.82. The van der Waals surface area contributed by atoms with Gasteiger partial charge in [-0.25, -0.2) is 12.7 Å². The highest BCUT2D eigenvalue weighted by molar-refractivity contribution is 7.89. The zero-order chi connectivity index (χ0) is 22.1. The SMILES string of the molecule is CC[C@@H](Nc1c(Nc2cccc(S(=O)(=O)N(C)C)c2O)[nH]o[n+]1=O)c1ccc(C)o1. The number of nitrogens with zero attached hydrogens (tertiary/aromatic N) is 2. The lowest BCUT2D eigenvalue weighted by Gasteiger charge is -2.15. The Morgan fingerprint density at radius 1 is 1.27 bits per heavy atom. The van der Waals surface area contributed by atoms with Gasteiger partial charge in [0.1, 0.15) is 22.5 Å². The molecule has 0 aliphatic heterocycles. The zero-order valence-electron chi connectivity index (χ0n) is 17.0. The number of aromatic hydroxyl groups is 1. The maximum Gasteiger partial charge on any atom is 0.367 e. The first-order valence-electron chi connectivity index (χ1n) is 9.14. The largest absolute Gasteiger partial charge is 0.504 e. The first-order chi connectivity index (χ1) is 14.1. The Kier molecular flexibility index (Phi) is 5.89. The molecule has 0 bridgehead atoms. The van der Waals surface area contributed by atoms with Crippen LogP contribution in [0.1, 0.15) is 30.9 Å². The van der Waals surface area contributed by atoms with Crippen LogP contribution in [0.15, 0.2) is 44.3 Å². The molecule has 3 rings (SSSR count). The molecule has 0 unspecified atom stereocenters. The summed E-state index contributed by atoms with van der Waals surface area (Å²) in [5.41, 5.74) is 0.0699. The standard InChI is InChI=1S/C18H23N5O6S/c1-5-12(14-10-9-11(2)28-14)20-18-17(21-29-23(18)25)19-13-7-6-8-15(16(13)24)30(26,27)22(3)4/h6-10,12,20H,5H2,1-4H3,(H2-,19,21,24,25)/p+1/t12-/m1/s1. The van der Waals surface area contributed by atoms with Crippen molar-refractivity contribution in [3.63, 3.8) is 0 Å². The zero-order valence-corrected chi connectivity index (χ0v) is 17.8. The molecule has 0 aliphatic rings. The van der Waals surface area contributed by atoms with Crippen molar-refractivity contribution in [2.45, 2.75) is 31.2 Å². The third kappa shape index (κ3) is 4.04. The van der Waals surface area contributed by atoms with E-state index in [9.17, 15) is 18.4 Å². The normalized spacial score (nSPS) is 12.8. The van der Waals surface area contributed by atoms with Gasteiger partial charge in [0.25, 0.3) is 5.82 Å². The van der Waals surface area contributed by atoms with Gasteiger partial charge >= 0.3 is 5.82 Å². The minimum Gasteiger partial charge on any atom is -0.504 e. The van der Waals surface area contributed by atoms with E-state index in [2.05, 4.69) is 15.8 Å². The van der Waals surface area contributed by atoms with Crippen LogP contribution in [0.5, 0.6) is 5.75 Å². The van der Waals surface area contributed by atoms with Crippen LogP contribution in [-0.4, -0.2) is 37.1 Å². The Bertz CT molecular complexity index is 1190. The van der Waals surface area contributed by atoms with Crippen LogP contribution in [0.25, 0.3) is 0 Å². The van der Waals surface area contributed by atoms with Crippen molar-refractivity contribution < 1.29 is 27.2 Å². The maximum atomic E-state index is 12.4. The summed E-state index contributed by atoms with van der Waals surface area (Å²) in [6.07, 6.45) is 0.611. The summed E-state index contributed by atoms with van der Waals surface area (Å²) < 4.78 is 36.5. The monoisotopic (exact) mass is 438 g/mol. The second-order valence-electron chi connectivity index (χ2n) is 6.79. The summed E-state index contributed by atoms with van der Waals surface area (Å²) in [6.45, 7) is 3.74. The van der Waals surface area contributed by atoms with E-state index in [1.54, 1.807) is 0 Å². The highest BCUT2D eigenvalue weighted by Gasteiger charge is 2.28. The van der Waals surface area contributed by atoms with Crippen LogP contribution in [0.4, 0.5) is 17.3 Å². The Morgan fingerprint density at radius 2 is 2.00 bits per heavy atom. The van der Waals surface area contributed by atoms with Gasteiger partial charge in [-0.2, -0.15) is 0 Å². The summed E-state index contributed by atoms with van der Waals surface area (Å²) in [6, 6.07) is 7.53. The molecule has 0 aliphatic carbocycles. The van der Waals surface area contributed by atoms with Crippen LogP contribution >= 0.6 is 0 Å². The first kappa shape index (κ1) is 21.5. The van der Waals surface area contributed by atoms with E-state index in [0.29, 0.717) is 12.2 Å². The van der Waals surface area contributed by atoms with Gasteiger partial charge in [-0.05, 0) is 42.5 Å². The third-order valence-electron chi connectivity index (χ3n) is 4.49. The molecule has 0 fully saturated rings. The van der Waals surface area contributed by atoms with Crippen molar-refractivity contribution in [1.82, 2.24) is 9.46 Å². The quantitative estimate of drug-likeness (QED) is 0.393. The number of anilines is 3. The number of aromatic nitrogens is 2. The van der Waals surface area contributed by atoms with Crippen molar-refractivity contribution in [2.24, 2.45) is 0 Å². The summed E-state index contributed by atoms with van der Waals surface area (Å²) in [4.78, 5) is 11.9. The predicted molar refractivity (Wildman–Crippen MR) is 109 cm³/mol. The summed E-state index contributed by atoms with van der Waals surface area (Å²) >= 11 is 0. The van der Waals surface area contributed by atoms with Crippen LogP contribution in [0.2, 0.25) is 0 Å². The number of nitrogens with one attached hydrogen (secondary N) is 3. The first-order valence-corrected chi connectivity index (χ1v) is 10.6. The van der Waals surface area contributed by atoms with Gasteiger partial charge in [0.15, 0.2) is 10.3 Å². The van der Waals surface area contributed by atoms with E-state index in [-0.39, 0.29) is 32.9 Å². The van der Waals surface area contributed by atoms with Crippen LogP contribution in [-0.2, 0) is 10.0 Å². The number of para-hydroxylation sites is 1. The second kappa shape index (κ2) is 8.24. The van der Waals surface area contributed by atoms with Gasteiger partial charge in [0.05, 0.1) is 5.69 Å². The number of hydrogen-bond acceptors (Lipinski definition) is 8. The van der Waals surface area contributed by atoms with Crippen molar-refractivity contribution in [1.29, 1.82) is 0 Å². The fourth-order valence-corrected chi connectivity index (χ4v) is 3.82. The Hall–Kier alpha value is -3.25. The smallest absolute Gasteiger partial charge is 0.367 e. The molecule has 0 radical (unpaired) electrons. The molecular weight excluding hydrogens is 414 g/mol. The molecule has 4 N–H and O–H groups in total. The lowest BCUT2D eigenvalue weighted by atomic mass is 10.2. The van der Waals surface area contributed by atoms with E-state index >= 15 is 0 Å². The van der Waals surface area contributed by atoms with Crippen LogP contribution in [0, 0.1) is 11.8 Å². The number of hydrogen-bond donors (Lipinski definition) is 4. The molecule has 2 aromatic heterocycles. The van der Waals surface area contributed by atoms with Crippen LogP contribution < -0.4 is 15.2 Å². The maximum absolute atomic E-state index is 12.4. The van der Waals surface area contributed by atoms with E-state index in [1.165, 1.54) is 32.3 Å². The summed E-state index contributed by atoms with van der Waals surface area (Å²) in [7, 11) is -1.14. The van der Waals surface area contributed by atoms with Crippen molar-refractivity contribution in [3.05, 3.63) is 46.8 Å². The molecule has 12 heteroatoms. The molecule has 30 heavy (non-hydrogen) atoms. The molecule has 0 amide bonds. The van der Waals surface area contributed by atoms with E-state index in [0.717, 1.165) is 10.1 Å². The number of furan rings is 1. The molecule has 0 saturated carbocycles. The topological polar surface area (TPSA) is 147 Å². The lowest BCUT2D eigenvalue weighted by Crippen LogP contribution is -2.22. The molecule has 2 heterocycles. The van der Waals surface area contributed by atoms with E-state index in [1.807, 2.05) is 26.0 Å². The molecule has 1 aromatic carbocycles. The van der Waals surface area contributed by atoms with E-state index < -0.39 is 15.8 Å². The number of benzene rings is 1. The Balaban J connectivity index is 1.94. The van der Waals surface area contributed by atoms with Crippen molar-refractivity contribution in [3.8, 4) is 5.75 Å². The average Bonchev–Trinajstić information content (AvgIpc) is 3.27. The highest BCUT2D eigenvalue weighted by Crippen LogP contribution is 2.35. The highest BCUT2D eigenvalue weighted by atomic mass is 32.2.